The first-order valence-electron chi connectivity index (χ1n) is 3.79. The van der Waals surface area contributed by atoms with Crippen molar-refractivity contribution in [3.8, 4) is 0 Å². The zero-order chi connectivity index (χ0) is 5.98. The summed E-state index contributed by atoms with van der Waals surface area (Å²) in [5.74, 6) is 2.04. The van der Waals surface area contributed by atoms with Gasteiger partial charge in [0, 0.05) is 18.6 Å². The summed E-state index contributed by atoms with van der Waals surface area (Å²) in [5.41, 5.74) is 0. The first-order valence-corrected chi connectivity index (χ1v) is 3.79. The van der Waals surface area contributed by atoms with E-state index in [-0.39, 0.29) is 18.6 Å². The minimum absolute atomic E-state index is 0. The van der Waals surface area contributed by atoms with Gasteiger partial charge in [0.2, 0.25) is 0 Å². The second-order valence-electron chi connectivity index (χ2n) is 3.37. The molecule has 1 rings (SSSR count). The van der Waals surface area contributed by atoms with E-state index in [1.54, 1.807) is 0 Å². The van der Waals surface area contributed by atoms with Gasteiger partial charge in [-0.3, -0.25) is 0 Å². The molecule has 0 amide bonds. The fraction of sp³-hybridized carbons (Fsp3) is 1.00. The Kier molecular flexibility index (Phi) is 4.69. The Bertz CT molecular complexity index is 53.0. The second-order valence-corrected chi connectivity index (χ2v) is 3.37. The quantitative estimate of drug-likeness (QED) is 0.515. The van der Waals surface area contributed by atoms with Gasteiger partial charge in [0.25, 0.3) is 0 Å². The smallest absolute Gasteiger partial charge is 0 e. The van der Waals surface area contributed by atoms with Crippen molar-refractivity contribution in [1.29, 1.82) is 0 Å². The first kappa shape index (κ1) is 9.58. The molecular formula is C8H16V. The molecule has 0 heterocycles. The van der Waals surface area contributed by atoms with Crippen molar-refractivity contribution in [2.75, 3.05) is 0 Å². The molecular weight excluding hydrogens is 147 g/mol. The van der Waals surface area contributed by atoms with Crippen LogP contribution in [0.15, 0.2) is 0 Å². The Morgan fingerprint density at radius 2 is 1.00 bits per heavy atom. The summed E-state index contributed by atoms with van der Waals surface area (Å²) in [4.78, 5) is 0. The fourth-order valence-electron chi connectivity index (χ4n) is 1.43. The van der Waals surface area contributed by atoms with Crippen molar-refractivity contribution in [1.82, 2.24) is 0 Å². The summed E-state index contributed by atoms with van der Waals surface area (Å²) >= 11 is 0. The zero-order valence-electron chi connectivity index (χ0n) is 6.43. The Morgan fingerprint density at radius 3 is 1.22 bits per heavy atom. The topological polar surface area (TPSA) is 0 Å². The third-order valence-corrected chi connectivity index (χ3v) is 2.30. The predicted octanol–water partition coefficient (Wildman–Crippen LogP) is 2.83. The molecule has 9 heavy (non-hydrogen) atoms. The molecule has 0 atom stereocenters. The van der Waals surface area contributed by atoms with Crippen LogP contribution in [0.5, 0.6) is 0 Å². The maximum absolute atomic E-state index is 2.37. The average Bonchev–Trinajstić information content (AvgIpc) is 1.77. The van der Waals surface area contributed by atoms with Crippen molar-refractivity contribution in [3.05, 3.63) is 0 Å². The molecule has 0 aromatic rings. The summed E-state index contributed by atoms with van der Waals surface area (Å²) in [6.45, 7) is 4.73. The third-order valence-electron chi connectivity index (χ3n) is 2.30. The maximum Gasteiger partial charge on any atom is 0 e. The first-order chi connectivity index (χ1) is 3.79. The molecule has 1 aliphatic carbocycles. The van der Waals surface area contributed by atoms with Gasteiger partial charge in [0.15, 0.2) is 0 Å². The summed E-state index contributed by atoms with van der Waals surface area (Å²) in [6, 6.07) is 0. The molecule has 0 saturated heterocycles. The normalized spacial score (nSPS) is 35.3. The number of hydrogen-bond acceptors (Lipinski definition) is 0. The van der Waals surface area contributed by atoms with E-state index in [0.717, 1.165) is 11.8 Å². The van der Waals surface area contributed by atoms with Crippen molar-refractivity contribution in [2.24, 2.45) is 11.8 Å². The third kappa shape index (κ3) is 3.32. The van der Waals surface area contributed by atoms with E-state index < -0.39 is 0 Å². The number of hydrogen-bond donors (Lipinski definition) is 0. The van der Waals surface area contributed by atoms with E-state index in [2.05, 4.69) is 13.8 Å². The summed E-state index contributed by atoms with van der Waals surface area (Å²) in [7, 11) is 0. The second kappa shape index (κ2) is 4.41. The van der Waals surface area contributed by atoms with E-state index in [0.29, 0.717) is 0 Å². The molecule has 1 aliphatic rings. The van der Waals surface area contributed by atoms with E-state index >= 15 is 0 Å². The molecule has 1 fully saturated rings. The van der Waals surface area contributed by atoms with Gasteiger partial charge in [0.1, 0.15) is 0 Å². The Labute approximate surface area is 70.3 Å². The Balaban J connectivity index is 0.000000640. The van der Waals surface area contributed by atoms with Crippen LogP contribution in [0.3, 0.4) is 0 Å². The molecule has 0 bridgehead atoms. The van der Waals surface area contributed by atoms with Crippen LogP contribution in [0.1, 0.15) is 39.5 Å². The SMILES string of the molecule is CC1CCC(C)CC1.[V]. The minimum Gasteiger partial charge on any atom is -0.0625 e. The van der Waals surface area contributed by atoms with Crippen LogP contribution in [-0.4, -0.2) is 0 Å². The molecule has 0 N–H and O–H groups in total. The monoisotopic (exact) mass is 163 g/mol. The molecule has 0 aromatic carbocycles. The van der Waals surface area contributed by atoms with Gasteiger partial charge in [0.05, 0.1) is 0 Å². The molecule has 53 valence electrons. The Morgan fingerprint density at radius 1 is 0.778 bits per heavy atom. The van der Waals surface area contributed by atoms with Crippen molar-refractivity contribution >= 4 is 0 Å². The van der Waals surface area contributed by atoms with Crippen molar-refractivity contribution in [3.63, 3.8) is 0 Å². The molecule has 1 radical (unpaired) electrons. The molecule has 0 unspecified atom stereocenters. The van der Waals surface area contributed by atoms with Crippen LogP contribution >= 0.6 is 0 Å². The van der Waals surface area contributed by atoms with E-state index in [4.69, 9.17) is 0 Å². The van der Waals surface area contributed by atoms with Crippen molar-refractivity contribution < 1.29 is 18.6 Å². The molecule has 1 heteroatoms. The van der Waals surface area contributed by atoms with Gasteiger partial charge >= 0.3 is 0 Å². The van der Waals surface area contributed by atoms with Crippen LogP contribution in [0.25, 0.3) is 0 Å². The fourth-order valence-corrected chi connectivity index (χ4v) is 1.43. The van der Waals surface area contributed by atoms with Gasteiger partial charge in [-0.25, -0.2) is 0 Å². The summed E-state index contributed by atoms with van der Waals surface area (Å²) in [5, 5.41) is 0. The maximum atomic E-state index is 2.37. The summed E-state index contributed by atoms with van der Waals surface area (Å²) in [6.07, 6.45) is 5.89. The molecule has 0 aromatic heterocycles. The van der Waals surface area contributed by atoms with Gasteiger partial charge in [-0.15, -0.1) is 0 Å². The van der Waals surface area contributed by atoms with Crippen LogP contribution < -0.4 is 0 Å². The average molecular weight is 163 g/mol. The molecule has 0 nitrogen and oxygen atoms in total. The van der Waals surface area contributed by atoms with Crippen LogP contribution in [0.2, 0.25) is 0 Å². The van der Waals surface area contributed by atoms with Crippen LogP contribution in [0, 0.1) is 11.8 Å². The van der Waals surface area contributed by atoms with E-state index in [1.807, 2.05) is 0 Å². The van der Waals surface area contributed by atoms with Gasteiger partial charge in [-0.1, -0.05) is 39.5 Å². The summed E-state index contributed by atoms with van der Waals surface area (Å²) < 4.78 is 0. The van der Waals surface area contributed by atoms with Crippen LogP contribution in [0.4, 0.5) is 0 Å². The van der Waals surface area contributed by atoms with Gasteiger partial charge < -0.3 is 0 Å². The standard InChI is InChI=1S/C8H16.V/c1-7-3-5-8(2)6-4-7;/h7-8H,3-6H2,1-2H3;. The zero-order valence-corrected chi connectivity index (χ0v) is 7.83. The van der Waals surface area contributed by atoms with Crippen LogP contribution in [-0.2, 0) is 18.6 Å². The van der Waals surface area contributed by atoms with E-state index in [9.17, 15) is 0 Å². The number of rotatable bonds is 0. The Hall–Kier alpha value is 0.584. The molecule has 1 saturated carbocycles. The van der Waals surface area contributed by atoms with Gasteiger partial charge in [-0.05, 0) is 11.8 Å². The molecule has 0 spiro atoms. The minimum atomic E-state index is 0. The molecule has 0 aliphatic heterocycles. The largest absolute Gasteiger partial charge is 0.0625 e. The van der Waals surface area contributed by atoms with Gasteiger partial charge in [-0.2, -0.15) is 0 Å². The van der Waals surface area contributed by atoms with Crippen molar-refractivity contribution in [2.45, 2.75) is 39.5 Å². The predicted molar refractivity (Wildman–Crippen MR) is 36.8 cm³/mol. The van der Waals surface area contributed by atoms with E-state index in [1.165, 1.54) is 25.7 Å².